The molecule has 1 heterocycles. The summed E-state index contributed by atoms with van der Waals surface area (Å²) in [5.41, 5.74) is 0.837. The van der Waals surface area contributed by atoms with E-state index in [1.54, 1.807) is 11.3 Å². The predicted molar refractivity (Wildman–Crippen MR) is 79.5 cm³/mol. The van der Waals surface area contributed by atoms with Crippen LogP contribution in [0.1, 0.15) is 24.4 Å². The van der Waals surface area contributed by atoms with Crippen LogP contribution in [0.25, 0.3) is 0 Å². The summed E-state index contributed by atoms with van der Waals surface area (Å²) in [4.78, 5) is 4.35. The summed E-state index contributed by atoms with van der Waals surface area (Å²) in [5.74, 6) is 0.747. The van der Waals surface area contributed by atoms with E-state index < -0.39 is 0 Å². The molecule has 0 radical (unpaired) electrons. The molecule has 1 N–H and O–H groups in total. The van der Waals surface area contributed by atoms with E-state index >= 15 is 0 Å². The molecule has 0 fully saturated rings. The quantitative estimate of drug-likeness (QED) is 0.887. The van der Waals surface area contributed by atoms with E-state index in [2.05, 4.69) is 24.1 Å². The zero-order chi connectivity index (χ0) is 14.4. The molecule has 0 unspecified atom stereocenters. The molecule has 5 heteroatoms. The summed E-state index contributed by atoms with van der Waals surface area (Å²) < 4.78 is 5.43. The summed E-state index contributed by atoms with van der Waals surface area (Å²) in [6.45, 7) is 4.93. The largest absolute Gasteiger partial charge is 0.478 e. The molecule has 0 aliphatic rings. The van der Waals surface area contributed by atoms with E-state index in [9.17, 15) is 0 Å². The molecule has 4 nitrogen and oxygen atoms in total. The number of rotatable bonds is 6. The molecular formula is C15H17N3OS. The summed E-state index contributed by atoms with van der Waals surface area (Å²) in [6, 6.07) is 9.73. The third-order valence-corrected chi connectivity index (χ3v) is 4.05. The van der Waals surface area contributed by atoms with E-state index in [4.69, 9.17) is 10.00 Å². The van der Waals surface area contributed by atoms with Gasteiger partial charge in [0.05, 0.1) is 5.54 Å². The molecule has 1 aromatic carbocycles. The lowest BCUT2D eigenvalue weighted by molar-refractivity contribution is 0.353. The highest BCUT2D eigenvalue weighted by Gasteiger charge is 2.22. The van der Waals surface area contributed by atoms with Crippen molar-refractivity contribution in [3.05, 3.63) is 46.4 Å². The van der Waals surface area contributed by atoms with Crippen molar-refractivity contribution in [3.63, 3.8) is 0 Å². The van der Waals surface area contributed by atoms with Crippen LogP contribution in [0.3, 0.4) is 0 Å². The Balaban J connectivity index is 2.06. The van der Waals surface area contributed by atoms with Crippen molar-refractivity contribution >= 4 is 11.3 Å². The van der Waals surface area contributed by atoms with Crippen LogP contribution >= 0.6 is 11.3 Å². The lowest BCUT2D eigenvalue weighted by Gasteiger charge is -2.24. The van der Waals surface area contributed by atoms with Crippen molar-refractivity contribution in [2.75, 3.05) is 6.61 Å². The molecule has 0 saturated heterocycles. The van der Waals surface area contributed by atoms with Gasteiger partial charge in [-0.05, 0) is 19.9 Å². The Kier molecular flexibility index (Phi) is 4.72. The van der Waals surface area contributed by atoms with Crippen LogP contribution in [0.15, 0.2) is 35.8 Å². The number of nitrogens with one attached hydrogen (secondary N) is 1. The monoisotopic (exact) mass is 287 g/mol. The molecular weight excluding hydrogens is 270 g/mol. The zero-order valence-corrected chi connectivity index (χ0v) is 12.4. The van der Waals surface area contributed by atoms with Crippen molar-refractivity contribution in [1.29, 1.82) is 5.26 Å². The van der Waals surface area contributed by atoms with Crippen molar-refractivity contribution < 1.29 is 4.74 Å². The maximum Gasteiger partial charge on any atom is 0.174 e. The van der Waals surface area contributed by atoms with Crippen molar-refractivity contribution in [2.24, 2.45) is 0 Å². The Hall–Kier alpha value is -1.90. The van der Waals surface area contributed by atoms with Gasteiger partial charge in [0.2, 0.25) is 0 Å². The Morgan fingerprint density at radius 3 is 2.90 bits per heavy atom. The number of nitrogens with zero attached hydrogens (tertiary/aromatic N) is 2. The van der Waals surface area contributed by atoms with E-state index in [-0.39, 0.29) is 12.1 Å². The molecule has 2 rings (SSSR count). The van der Waals surface area contributed by atoms with E-state index in [0.717, 1.165) is 16.3 Å². The molecule has 0 aliphatic heterocycles. The number of hydrogen-bond donors (Lipinski definition) is 1. The van der Waals surface area contributed by atoms with Crippen LogP contribution in [0, 0.1) is 11.3 Å². The van der Waals surface area contributed by atoms with E-state index in [1.807, 2.05) is 41.9 Å². The number of ether oxygens (including phenoxy) is 1. The molecule has 0 spiro atoms. The summed E-state index contributed by atoms with van der Waals surface area (Å²) in [5, 5.41) is 15.1. The highest BCUT2D eigenvalue weighted by atomic mass is 32.1. The standard InChI is InChI=1S/C15H17N3OS/c1-15(2,14-17-8-10-20-14)18-11-12-5-3-4-6-13(12)19-9-7-16/h3-6,8,10,18H,9,11H2,1-2H3. The number of nitriles is 1. The fraction of sp³-hybridized carbons (Fsp3) is 0.333. The molecule has 1 aromatic heterocycles. The maximum atomic E-state index is 8.61. The summed E-state index contributed by atoms with van der Waals surface area (Å²) in [7, 11) is 0. The van der Waals surface area contributed by atoms with Crippen molar-refractivity contribution in [3.8, 4) is 11.8 Å². The van der Waals surface area contributed by atoms with Gasteiger partial charge in [-0.1, -0.05) is 18.2 Å². The summed E-state index contributed by atoms with van der Waals surface area (Å²) >= 11 is 1.64. The van der Waals surface area contributed by atoms with Gasteiger partial charge in [-0.3, -0.25) is 0 Å². The minimum absolute atomic E-state index is 0.0624. The first-order valence-corrected chi connectivity index (χ1v) is 7.24. The molecule has 0 aliphatic carbocycles. The Morgan fingerprint density at radius 2 is 2.20 bits per heavy atom. The second-order valence-electron chi connectivity index (χ2n) is 4.87. The highest BCUT2D eigenvalue weighted by Crippen LogP contribution is 2.24. The van der Waals surface area contributed by atoms with Crippen LogP contribution < -0.4 is 10.1 Å². The molecule has 0 amide bonds. The van der Waals surface area contributed by atoms with Gasteiger partial charge in [0.1, 0.15) is 16.8 Å². The lowest BCUT2D eigenvalue weighted by Crippen LogP contribution is -2.35. The van der Waals surface area contributed by atoms with E-state index in [1.165, 1.54) is 0 Å². The van der Waals surface area contributed by atoms with Crippen LogP contribution in [-0.2, 0) is 12.1 Å². The average molecular weight is 287 g/mol. The van der Waals surface area contributed by atoms with Gasteiger partial charge in [0, 0.05) is 23.7 Å². The summed E-state index contributed by atoms with van der Waals surface area (Å²) in [6.07, 6.45) is 1.81. The van der Waals surface area contributed by atoms with Gasteiger partial charge in [-0.2, -0.15) is 5.26 Å². The van der Waals surface area contributed by atoms with Gasteiger partial charge in [-0.15, -0.1) is 11.3 Å². The minimum atomic E-state index is -0.198. The topological polar surface area (TPSA) is 57.9 Å². The number of para-hydroxylation sites is 1. The smallest absolute Gasteiger partial charge is 0.174 e. The van der Waals surface area contributed by atoms with Crippen molar-refractivity contribution in [2.45, 2.75) is 25.9 Å². The second-order valence-corrected chi connectivity index (χ2v) is 5.76. The number of hydrogen-bond acceptors (Lipinski definition) is 5. The maximum absolute atomic E-state index is 8.61. The number of benzene rings is 1. The van der Waals surface area contributed by atoms with Gasteiger partial charge in [-0.25, -0.2) is 4.98 Å². The normalized spacial score (nSPS) is 11.1. The second kappa shape index (κ2) is 6.51. The zero-order valence-electron chi connectivity index (χ0n) is 11.6. The highest BCUT2D eigenvalue weighted by molar-refractivity contribution is 7.09. The van der Waals surface area contributed by atoms with Gasteiger partial charge in [0.15, 0.2) is 6.61 Å². The molecule has 2 aromatic rings. The van der Waals surface area contributed by atoms with Gasteiger partial charge in [0.25, 0.3) is 0 Å². The fourth-order valence-corrected chi connectivity index (χ4v) is 2.56. The van der Waals surface area contributed by atoms with Gasteiger partial charge < -0.3 is 10.1 Å². The van der Waals surface area contributed by atoms with Crippen molar-refractivity contribution in [1.82, 2.24) is 10.3 Å². The SMILES string of the molecule is CC(C)(NCc1ccccc1OCC#N)c1nccs1. The first-order chi connectivity index (χ1) is 9.63. The average Bonchev–Trinajstić information content (AvgIpc) is 2.99. The molecule has 104 valence electrons. The van der Waals surface area contributed by atoms with E-state index in [0.29, 0.717) is 6.54 Å². The van der Waals surface area contributed by atoms with Crippen LogP contribution in [-0.4, -0.2) is 11.6 Å². The first kappa shape index (κ1) is 14.5. The van der Waals surface area contributed by atoms with Crippen LogP contribution in [0.4, 0.5) is 0 Å². The Morgan fingerprint density at radius 1 is 1.40 bits per heavy atom. The van der Waals surface area contributed by atoms with Gasteiger partial charge >= 0.3 is 0 Å². The predicted octanol–water partition coefficient (Wildman–Crippen LogP) is 3.07. The molecule has 0 saturated carbocycles. The third-order valence-electron chi connectivity index (χ3n) is 2.95. The first-order valence-electron chi connectivity index (χ1n) is 6.36. The number of aromatic nitrogens is 1. The lowest BCUT2D eigenvalue weighted by atomic mass is 10.1. The fourth-order valence-electron chi connectivity index (χ4n) is 1.82. The Labute approximate surface area is 123 Å². The molecule has 0 bridgehead atoms. The minimum Gasteiger partial charge on any atom is -0.478 e. The van der Waals surface area contributed by atoms with Crippen LogP contribution in [0.5, 0.6) is 5.75 Å². The molecule has 20 heavy (non-hydrogen) atoms. The Bertz CT molecular complexity index is 587. The molecule has 0 atom stereocenters. The number of thiazole rings is 1. The van der Waals surface area contributed by atoms with Crippen LogP contribution in [0.2, 0.25) is 0 Å². The third kappa shape index (κ3) is 3.56.